The Morgan fingerprint density at radius 1 is 1.00 bits per heavy atom. The van der Waals surface area contributed by atoms with Crippen LogP contribution in [0.3, 0.4) is 0 Å². The van der Waals surface area contributed by atoms with Gasteiger partial charge >= 0.3 is 0 Å². The molecule has 2 aromatic carbocycles. The van der Waals surface area contributed by atoms with Gasteiger partial charge in [-0.1, -0.05) is 29.8 Å². The second kappa shape index (κ2) is 6.93. The number of rotatable bonds is 3. The van der Waals surface area contributed by atoms with Gasteiger partial charge in [-0.05, 0) is 36.8 Å². The molecular weight excluding hydrogens is 302 g/mol. The number of carbonyl (C=O) groups is 1. The molecule has 1 atom stereocenters. The Balaban J connectivity index is 1.60. The lowest BCUT2D eigenvalue weighted by molar-refractivity contribution is -0.133. The summed E-state index contributed by atoms with van der Waals surface area (Å²) >= 11 is 0. The predicted molar refractivity (Wildman–Crippen MR) is 95.0 cm³/mol. The van der Waals surface area contributed by atoms with E-state index in [4.69, 9.17) is 5.73 Å². The van der Waals surface area contributed by atoms with Gasteiger partial charge in [-0.25, -0.2) is 0 Å². The van der Waals surface area contributed by atoms with Crippen molar-refractivity contribution in [1.82, 2.24) is 4.90 Å². The fourth-order valence-electron chi connectivity index (χ4n) is 2.96. The van der Waals surface area contributed by atoms with E-state index in [1.165, 1.54) is 0 Å². The van der Waals surface area contributed by atoms with Crippen LogP contribution in [0.1, 0.15) is 17.2 Å². The van der Waals surface area contributed by atoms with E-state index in [1.54, 1.807) is 12.1 Å². The van der Waals surface area contributed by atoms with Gasteiger partial charge < -0.3 is 20.6 Å². The van der Waals surface area contributed by atoms with Crippen LogP contribution in [0.5, 0.6) is 5.75 Å². The Hall–Kier alpha value is -2.53. The molecule has 0 saturated carbocycles. The Bertz CT molecular complexity index is 690. The van der Waals surface area contributed by atoms with Crippen LogP contribution in [0.2, 0.25) is 0 Å². The molecule has 1 aliphatic heterocycles. The fourth-order valence-corrected chi connectivity index (χ4v) is 2.96. The lowest BCUT2D eigenvalue weighted by atomic mass is 10.0. The summed E-state index contributed by atoms with van der Waals surface area (Å²) in [6.07, 6.45) is 0. The van der Waals surface area contributed by atoms with Crippen LogP contribution >= 0.6 is 0 Å². The SMILES string of the molecule is Cc1ccc(C(N)C(=O)N2CCN(c3ccc(O)cc3)CC2)cc1. The second-order valence-electron chi connectivity index (χ2n) is 6.22. The lowest BCUT2D eigenvalue weighted by Gasteiger charge is -2.37. The molecule has 1 amide bonds. The minimum Gasteiger partial charge on any atom is -0.508 e. The zero-order valence-electron chi connectivity index (χ0n) is 13.9. The van der Waals surface area contributed by atoms with Gasteiger partial charge in [0.1, 0.15) is 11.8 Å². The van der Waals surface area contributed by atoms with E-state index < -0.39 is 6.04 Å². The number of carbonyl (C=O) groups excluding carboxylic acids is 1. The van der Waals surface area contributed by atoms with Crippen LogP contribution in [0.25, 0.3) is 0 Å². The molecule has 5 heteroatoms. The highest BCUT2D eigenvalue weighted by Crippen LogP contribution is 2.21. The Kier molecular flexibility index (Phi) is 4.71. The quantitative estimate of drug-likeness (QED) is 0.906. The first-order valence-corrected chi connectivity index (χ1v) is 8.19. The van der Waals surface area contributed by atoms with Gasteiger partial charge in [0.15, 0.2) is 0 Å². The van der Waals surface area contributed by atoms with Crippen molar-refractivity contribution in [2.24, 2.45) is 5.73 Å². The van der Waals surface area contributed by atoms with Gasteiger partial charge in [-0.2, -0.15) is 0 Å². The van der Waals surface area contributed by atoms with Crippen molar-refractivity contribution in [2.75, 3.05) is 31.1 Å². The summed E-state index contributed by atoms with van der Waals surface area (Å²) in [5, 5.41) is 9.37. The summed E-state index contributed by atoms with van der Waals surface area (Å²) in [6, 6.07) is 14.3. The molecule has 1 fully saturated rings. The normalized spacial score (nSPS) is 16.1. The molecule has 1 unspecified atom stereocenters. The highest BCUT2D eigenvalue weighted by molar-refractivity contribution is 5.83. The second-order valence-corrected chi connectivity index (χ2v) is 6.22. The minimum atomic E-state index is -0.606. The van der Waals surface area contributed by atoms with Crippen molar-refractivity contribution in [3.8, 4) is 5.75 Å². The number of hydrogen-bond acceptors (Lipinski definition) is 4. The first-order chi connectivity index (χ1) is 11.5. The molecule has 126 valence electrons. The van der Waals surface area contributed by atoms with E-state index in [2.05, 4.69) is 4.90 Å². The van der Waals surface area contributed by atoms with Crippen LogP contribution in [-0.2, 0) is 4.79 Å². The van der Waals surface area contributed by atoms with E-state index in [0.717, 1.165) is 29.9 Å². The summed E-state index contributed by atoms with van der Waals surface area (Å²) in [7, 11) is 0. The van der Waals surface area contributed by atoms with Crippen LogP contribution < -0.4 is 10.6 Å². The summed E-state index contributed by atoms with van der Waals surface area (Å²) in [6.45, 7) is 4.84. The average Bonchev–Trinajstić information content (AvgIpc) is 2.62. The summed E-state index contributed by atoms with van der Waals surface area (Å²) in [5.74, 6) is 0.237. The highest BCUT2D eigenvalue weighted by Gasteiger charge is 2.26. The Morgan fingerprint density at radius 2 is 1.58 bits per heavy atom. The Labute approximate surface area is 142 Å². The number of phenolic OH excluding ortho intramolecular Hbond substituents is 1. The summed E-state index contributed by atoms with van der Waals surface area (Å²) in [4.78, 5) is 16.7. The molecule has 5 nitrogen and oxygen atoms in total. The van der Waals surface area contributed by atoms with Crippen molar-refractivity contribution in [3.63, 3.8) is 0 Å². The van der Waals surface area contributed by atoms with Crippen molar-refractivity contribution in [2.45, 2.75) is 13.0 Å². The van der Waals surface area contributed by atoms with E-state index in [1.807, 2.05) is 48.2 Å². The number of aromatic hydroxyl groups is 1. The predicted octanol–water partition coefficient (Wildman–Crippen LogP) is 2.05. The summed E-state index contributed by atoms with van der Waals surface area (Å²) in [5.41, 5.74) is 9.21. The van der Waals surface area contributed by atoms with E-state index in [9.17, 15) is 9.90 Å². The van der Waals surface area contributed by atoms with Crippen LogP contribution in [-0.4, -0.2) is 42.1 Å². The Morgan fingerprint density at radius 3 is 2.17 bits per heavy atom. The van der Waals surface area contributed by atoms with Gasteiger partial charge in [0.2, 0.25) is 5.91 Å². The third kappa shape index (κ3) is 3.51. The van der Waals surface area contributed by atoms with Crippen molar-refractivity contribution < 1.29 is 9.90 Å². The molecule has 3 N–H and O–H groups in total. The number of phenols is 1. The molecule has 2 aromatic rings. The number of amides is 1. The van der Waals surface area contributed by atoms with Crippen molar-refractivity contribution >= 4 is 11.6 Å². The molecule has 0 spiro atoms. The minimum absolute atomic E-state index is 0.0239. The van der Waals surface area contributed by atoms with E-state index in [0.29, 0.717) is 13.1 Å². The number of nitrogens with two attached hydrogens (primary N) is 1. The van der Waals surface area contributed by atoms with Gasteiger partial charge in [-0.3, -0.25) is 4.79 Å². The number of hydrogen-bond donors (Lipinski definition) is 2. The molecule has 0 aromatic heterocycles. The molecule has 24 heavy (non-hydrogen) atoms. The topological polar surface area (TPSA) is 69.8 Å². The number of anilines is 1. The summed E-state index contributed by atoms with van der Waals surface area (Å²) < 4.78 is 0. The smallest absolute Gasteiger partial charge is 0.244 e. The van der Waals surface area contributed by atoms with Gasteiger partial charge in [0.25, 0.3) is 0 Å². The monoisotopic (exact) mass is 325 g/mol. The van der Waals surface area contributed by atoms with Gasteiger partial charge in [0, 0.05) is 31.9 Å². The number of benzene rings is 2. The molecule has 1 heterocycles. The van der Waals surface area contributed by atoms with Crippen LogP contribution in [0.15, 0.2) is 48.5 Å². The third-order valence-electron chi connectivity index (χ3n) is 4.51. The molecule has 0 aliphatic carbocycles. The molecule has 3 rings (SSSR count). The molecule has 0 bridgehead atoms. The van der Waals surface area contributed by atoms with Crippen molar-refractivity contribution in [3.05, 3.63) is 59.7 Å². The van der Waals surface area contributed by atoms with Gasteiger partial charge in [-0.15, -0.1) is 0 Å². The van der Waals surface area contributed by atoms with Crippen LogP contribution in [0, 0.1) is 6.92 Å². The maximum Gasteiger partial charge on any atom is 0.244 e. The maximum absolute atomic E-state index is 12.6. The first kappa shape index (κ1) is 16.3. The van der Waals surface area contributed by atoms with Crippen molar-refractivity contribution in [1.29, 1.82) is 0 Å². The highest BCUT2D eigenvalue weighted by atomic mass is 16.3. The van der Waals surface area contributed by atoms with E-state index in [-0.39, 0.29) is 11.7 Å². The largest absolute Gasteiger partial charge is 0.508 e. The molecule has 1 aliphatic rings. The fraction of sp³-hybridized carbons (Fsp3) is 0.316. The number of nitrogens with zero attached hydrogens (tertiary/aromatic N) is 2. The lowest BCUT2D eigenvalue weighted by Crippen LogP contribution is -2.51. The first-order valence-electron chi connectivity index (χ1n) is 8.19. The zero-order valence-corrected chi connectivity index (χ0v) is 13.9. The molecular formula is C19H23N3O2. The van der Waals surface area contributed by atoms with E-state index >= 15 is 0 Å². The number of piperazine rings is 1. The molecule has 1 saturated heterocycles. The maximum atomic E-state index is 12.6. The zero-order chi connectivity index (χ0) is 17.1. The standard InChI is InChI=1S/C19H23N3O2/c1-14-2-4-15(5-3-14)18(20)19(24)22-12-10-21(11-13-22)16-6-8-17(23)9-7-16/h2-9,18,23H,10-13,20H2,1H3. The molecule has 0 radical (unpaired) electrons. The van der Waals surface area contributed by atoms with Gasteiger partial charge in [0.05, 0.1) is 0 Å². The van der Waals surface area contributed by atoms with Crippen LogP contribution in [0.4, 0.5) is 5.69 Å². The number of aryl methyl sites for hydroxylation is 1. The third-order valence-corrected chi connectivity index (χ3v) is 4.51. The average molecular weight is 325 g/mol.